The molecule has 0 radical (unpaired) electrons. The first-order valence-corrected chi connectivity index (χ1v) is 6.18. The van der Waals surface area contributed by atoms with E-state index in [1.807, 2.05) is 36.4 Å². The minimum absolute atomic E-state index is 0.122. The molecule has 0 aliphatic heterocycles. The van der Waals surface area contributed by atoms with Crippen LogP contribution in [-0.4, -0.2) is 29.6 Å². The maximum absolute atomic E-state index is 11.0. The van der Waals surface area contributed by atoms with Gasteiger partial charge < -0.3 is 15.2 Å². The summed E-state index contributed by atoms with van der Waals surface area (Å²) in [4.78, 5) is 22.0. The highest BCUT2D eigenvalue weighted by molar-refractivity contribution is 5.88. The maximum atomic E-state index is 11.0. The molecule has 5 heteroatoms. The van der Waals surface area contributed by atoms with Crippen LogP contribution in [0, 0.1) is 0 Å². The molecule has 2 N–H and O–H groups in total. The zero-order valence-electron chi connectivity index (χ0n) is 11.0. The molecule has 2 rings (SSSR count). The molecule has 0 bridgehead atoms. The number of nitrogens with one attached hydrogen (secondary N) is 1. The Bertz CT molecular complexity index is 633. The van der Waals surface area contributed by atoms with Gasteiger partial charge in [-0.3, -0.25) is 4.79 Å². The monoisotopic (exact) mass is 273 g/mol. The molecule has 2 aromatic carbocycles. The Labute approximate surface area is 116 Å². The summed E-state index contributed by atoms with van der Waals surface area (Å²) in [6.45, 7) is 1.15. The number of hydrogen-bond acceptors (Lipinski definition) is 3. The van der Waals surface area contributed by atoms with Gasteiger partial charge in [0, 0.05) is 12.3 Å². The number of carbonyl (C=O) groups is 2. The summed E-state index contributed by atoms with van der Waals surface area (Å²) in [6.07, 6.45) is 0. The molecule has 5 nitrogen and oxygen atoms in total. The predicted octanol–water partition coefficient (Wildman–Crippen LogP) is 1.81. The zero-order valence-corrected chi connectivity index (χ0v) is 11.0. The first kappa shape index (κ1) is 13.9. The summed E-state index contributed by atoms with van der Waals surface area (Å²) in [7, 11) is 0. The Hall–Kier alpha value is -2.56. The van der Waals surface area contributed by atoms with Gasteiger partial charge in [0.25, 0.3) is 0 Å². The fourth-order valence-electron chi connectivity index (χ4n) is 1.91. The molecular weight excluding hydrogens is 258 g/mol. The second kappa shape index (κ2) is 6.06. The SMILES string of the molecule is CC(=O)NC(COc1cccc2ccccc12)C(=O)O. The lowest BCUT2D eigenvalue weighted by Crippen LogP contribution is -2.43. The molecule has 0 aliphatic rings. The highest BCUT2D eigenvalue weighted by Crippen LogP contribution is 2.25. The zero-order chi connectivity index (χ0) is 14.5. The summed E-state index contributed by atoms with van der Waals surface area (Å²) >= 11 is 0. The van der Waals surface area contributed by atoms with Crippen LogP contribution in [0.2, 0.25) is 0 Å². The second-order valence-corrected chi connectivity index (χ2v) is 4.38. The van der Waals surface area contributed by atoms with Gasteiger partial charge in [0.05, 0.1) is 0 Å². The van der Waals surface area contributed by atoms with Gasteiger partial charge in [0.1, 0.15) is 12.4 Å². The number of fused-ring (bicyclic) bond motifs is 1. The molecule has 20 heavy (non-hydrogen) atoms. The third-order valence-electron chi connectivity index (χ3n) is 2.83. The van der Waals surface area contributed by atoms with Gasteiger partial charge >= 0.3 is 5.97 Å². The van der Waals surface area contributed by atoms with Crippen molar-refractivity contribution in [3.63, 3.8) is 0 Å². The summed E-state index contributed by atoms with van der Waals surface area (Å²) in [5.41, 5.74) is 0. The summed E-state index contributed by atoms with van der Waals surface area (Å²) < 4.78 is 5.55. The van der Waals surface area contributed by atoms with E-state index in [4.69, 9.17) is 9.84 Å². The van der Waals surface area contributed by atoms with E-state index in [1.165, 1.54) is 6.92 Å². The van der Waals surface area contributed by atoms with Gasteiger partial charge in [-0.05, 0) is 11.5 Å². The third kappa shape index (κ3) is 3.26. The molecule has 0 fully saturated rings. The fraction of sp³-hybridized carbons (Fsp3) is 0.200. The number of carbonyl (C=O) groups excluding carboxylic acids is 1. The van der Waals surface area contributed by atoms with Crippen LogP contribution in [0.25, 0.3) is 10.8 Å². The summed E-state index contributed by atoms with van der Waals surface area (Å²) in [5.74, 6) is -0.931. The molecule has 0 saturated heterocycles. The molecule has 2 aromatic rings. The Morgan fingerprint density at radius 3 is 2.60 bits per heavy atom. The van der Waals surface area contributed by atoms with Crippen molar-refractivity contribution in [3.05, 3.63) is 42.5 Å². The van der Waals surface area contributed by atoms with E-state index in [1.54, 1.807) is 6.07 Å². The molecule has 0 saturated carbocycles. The van der Waals surface area contributed by atoms with Crippen LogP contribution < -0.4 is 10.1 Å². The van der Waals surface area contributed by atoms with Gasteiger partial charge in [-0.25, -0.2) is 4.79 Å². The van der Waals surface area contributed by atoms with Gasteiger partial charge in [0.15, 0.2) is 6.04 Å². The molecule has 1 unspecified atom stereocenters. The van der Waals surface area contributed by atoms with Crippen molar-refractivity contribution in [2.75, 3.05) is 6.61 Å². The molecule has 0 aromatic heterocycles. The number of benzene rings is 2. The van der Waals surface area contributed by atoms with Crippen LogP contribution in [0.15, 0.2) is 42.5 Å². The highest BCUT2D eigenvalue weighted by Gasteiger charge is 2.19. The van der Waals surface area contributed by atoms with E-state index in [0.29, 0.717) is 5.75 Å². The first-order valence-electron chi connectivity index (χ1n) is 6.18. The van der Waals surface area contributed by atoms with Crippen LogP contribution in [0.3, 0.4) is 0 Å². The second-order valence-electron chi connectivity index (χ2n) is 4.38. The molecule has 104 valence electrons. The van der Waals surface area contributed by atoms with Crippen molar-refractivity contribution < 1.29 is 19.4 Å². The van der Waals surface area contributed by atoms with Crippen LogP contribution in [0.5, 0.6) is 5.75 Å². The number of aliphatic carboxylic acids is 1. The van der Waals surface area contributed by atoms with E-state index in [2.05, 4.69) is 5.32 Å². The fourth-order valence-corrected chi connectivity index (χ4v) is 1.91. The van der Waals surface area contributed by atoms with Crippen LogP contribution in [0.1, 0.15) is 6.92 Å². The van der Waals surface area contributed by atoms with Crippen molar-refractivity contribution in [3.8, 4) is 5.75 Å². The van der Waals surface area contributed by atoms with Crippen LogP contribution >= 0.6 is 0 Å². The smallest absolute Gasteiger partial charge is 0.329 e. The lowest BCUT2D eigenvalue weighted by Gasteiger charge is -2.15. The average molecular weight is 273 g/mol. The van der Waals surface area contributed by atoms with E-state index < -0.39 is 17.9 Å². The van der Waals surface area contributed by atoms with E-state index >= 15 is 0 Å². The number of carboxylic acid groups (broad SMARTS) is 1. The largest absolute Gasteiger partial charge is 0.490 e. The Balaban J connectivity index is 2.15. The van der Waals surface area contributed by atoms with Crippen molar-refractivity contribution in [1.29, 1.82) is 0 Å². The van der Waals surface area contributed by atoms with Crippen molar-refractivity contribution >= 4 is 22.6 Å². The maximum Gasteiger partial charge on any atom is 0.329 e. The van der Waals surface area contributed by atoms with E-state index in [9.17, 15) is 9.59 Å². The van der Waals surface area contributed by atoms with Gasteiger partial charge in [-0.15, -0.1) is 0 Å². The average Bonchev–Trinajstić information content (AvgIpc) is 2.42. The minimum atomic E-state index is -1.12. The van der Waals surface area contributed by atoms with Gasteiger partial charge in [-0.2, -0.15) is 0 Å². The van der Waals surface area contributed by atoms with Crippen molar-refractivity contribution in [1.82, 2.24) is 5.32 Å². The number of rotatable bonds is 5. The summed E-state index contributed by atoms with van der Waals surface area (Å²) in [6, 6.07) is 12.2. The van der Waals surface area contributed by atoms with Crippen molar-refractivity contribution in [2.24, 2.45) is 0 Å². The topological polar surface area (TPSA) is 75.6 Å². The summed E-state index contributed by atoms with van der Waals surface area (Å²) in [5, 5.41) is 13.3. The van der Waals surface area contributed by atoms with Crippen LogP contribution in [0.4, 0.5) is 0 Å². The number of ether oxygens (including phenoxy) is 1. The molecular formula is C15H15NO4. The van der Waals surface area contributed by atoms with Crippen LogP contribution in [-0.2, 0) is 9.59 Å². The molecule has 1 amide bonds. The highest BCUT2D eigenvalue weighted by atomic mass is 16.5. The molecule has 0 aliphatic carbocycles. The first-order chi connectivity index (χ1) is 9.58. The number of hydrogen-bond donors (Lipinski definition) is 2. The third-order valence-corrected chi connectivity index (χ3v) is 2.83. The van der Waals surface area contributed by atoms with Crippen molar-refractivity contribution in [2.45, 2.75) is 13.0 Å². The van der Waals surface area contributed by atoms with Gasteiger partial charge in [0.2, 0.25) is 5.91 Å². The lowest BCUT2D eigenvalue weighted by atomic mass is 10.1. The quantitative estimate of drug-likeness (QED) is 0.871. The molecule has 0 heterocycles. The number of amides is 1. The lowest BCUT2D eigenvalue weighted by molar-refractivity contribution is -0.142. The Morgan fingerprint density at radius 2 is 1.90 bits per heavy atom. The van der Waals surface area contributed by atoms with E-state index in [0.717, 1.165) is 10.8 Å². The number of carboxylic acids is 1. The molecule has 0 spiro atoms. The van der Waals surface area contributed by atoms with E-state index in [-0.39, 0.29) is 6.61 Å². The normalized spacial score (nSPS) is 11.8. The Morgan fingerprint density at radius 1 is 1.20 bits per heavy atom. The minimum Gasteiger partial charge on any atom is -0.490 e. The molecule has 1 atom stereocenters. The predicted molar refractivity (Wildman–Crippen MR) is 74.7 cm³/mol. The Kier molecular flexibility index (Phi) is 4.20. The standard InChI is InChI=1S/C15H15NO4/c1-10(17)16-13(15(18)19)9-20-14-8-4-6-11-5-2-3-7-12(11)14/h2-8,13H,9H2,1H3,(H,16,17)(H,18,19). The van der Waals surface area contributed by atoms with Gasteiger partial charge in [-0.1, -0.05) is 36.4 Å².